The number of nitrogens with two attached hydrogens (primary N) is 1. The lowest BCUT2D eigenvalue weighted by molar-refractivity contribution is 0.358. The van der Waals surface area contributed by atoms with Gasteiger partial charge in [0.2, 0.25) is 0 Å². The summed E-state index contributed by atoms with van der Waals surface area (Å²) in [5.41, 5.74) is 9.02. The Kier molecular flexibility index (Phi) is 3.87. The van der Waals surface area contributed by atoms with E-state index in [4.69, 9.17) is 5.73 Å². The number of hydrogen-bond donors (Lipinski definition) is 1. The molecule has 0 aromatic carbocycles. The highest BCUT2D eigenvalue weighted by molar-refractivity contribution is 5.13. The lowest BCUT2D eigenvalue weighted by atomic mass is 9.86. The Morgan fingerprint density at radius 3 is 2.53 bits per heavy atom. The minimum atomic E-state index is 0.00981. The molecule has 0 bridgehead atoms. The zero-order chi connectivity index (χ0) is 12.3. The summed E-state index contributed by atoms with van der Waals surface area (Å²) in [7, 11) is 0. The van der Waals surface area contributed by atoms with Crippen LogP contribution in [-0.4, -0.2) is 15.3 Å². The summed E-state index contributed by atoms with van der Waals surface area (Å²) in [6.07, 6.45) is 8.60. The predicted octanol–water partition coefficient (Wildman–Crippen LogP) is 2.81. The molecule has 1 aliphatic rings. The molecule has 17 heavy (non-hydrogen) atoms. The maximum atomic E-state index is 6.58. The van der Waals surface area contributed by atoms with E-state index in [1.54, 1.807) is 0 Å². The van der Waals surface area contributed by atoms with Crippen LogP contribution >= 0.6 is 0 Å². The smallest absolute Gasteiger partial charge is 0.0596 e. The van der Waals surface area contributed by atoms with Crippen molar-refractivity contribution >= 4 is 0 Å². The van der Waals surface area contributed by atoms with E-state index in [0.29, 0.717) is 0 Å². The third kappa shape index (κ3) is 3.09. The minimum Gasteiger partial charge on any atom is -0.325 e. The molecule has 3 heteroatoms. The van der Waals surface area contributed by atoms with Crippen molar-refractivity contribution in [1.82, 2.24) is 9.78 Å². The Morgan fingerprint density at radius 1 is 1.29 bits per heavy atom. The number of nitrogens with zero attached hydrogens (tertiary/aromatic N) is 2. The summed E-state index contributed by atoms with van der Waals surface area (Å²) >= 11 is 0. The molecule has 0 unspecified atom stereocenters. The third-order valence-corrected chi connectivity index (χ3v) is 3.92. The molecule has 2 rings (SSSR count). The van der Waals surface area contributed by atoms with Gasteiger partial charge in [0.25, 0.3) is 0 Å². The quantitative estimate of drug-likeness (QED) is 0.819. The van der Waals surface area contributed by atoms with Gasteiger partial charge in [-0.25, -0.2) is 0 Å². The molecular weight excluding hydrogens is 210 g/mol. The Balaban J connectivity index is 2.12. The van der Waals surface area contributed by atoms with E-state index in [2.05, 4.69) is 29.7 Å². The molecule has 1 aromatic rings. The average molecular weight is 235 g/mol. The van der Waals surface area contributed by atoms with Gasteiger partial charge in [0.1, 0.15) is 0 Å². The molecule has 1 aromatic heterocycles. The van der Waals surface area contributed by atoms with Crippen molar-refractivity contribution < 1.29 is 0 Å². The van der Waals surface area contributed by atoms with Crippen molar-refractivity contribution in [3.8, 4) is 0 Å². The summed E-state index contributed by atoms with van der Waals surface area (Å²) in [6, 6.07) is 2.20. The molecule has 1 fully saturated rings. The molecule has 0 spiro atoms. The second-order valence-electron chi connectivity index (χ2n) is 5.55. The van der Waals surface area contributed by atoms with Crippen LogP contribution in [0.3, 0.4) is 0 Å². The highest BCUT2D eigenvalue weighted by atomic mass is 15.3. The molecule has 3 nitrogen and oxygen atoms in total. The van der Waals surface area contributed by atoms with Crippen LogP contribution in [0.1, 0.15) is 56.8 Å². The van der Waals surface area contributed by atoms with Crippen molar-refractivity contribution in [1.29, 1.82) is 0 Å². The van der Waals surface area contributed by atoms with Crippen LogP contribution in [-0.2, 0) is 13.0 Å². The molecule has 0 aliphatic heterocycles. The monoisotopic (exact) mass is 235 g/mol. The number of rotatable bonds is 3. The van der Waals surface area contributed by atoms with Gasteiger partial charge >= 0.3 is 0 Å². The lowest BCUT2D eigenvalue weighted by Crippen LogP contribution is -2.42. The summed E-state index contributed by atoms with van der Waals surface area (Å²) < 4.78 is 2.11. The molecule has 0 radical (unpaired) electrons. The van der Waals surface area contributed by atoms with Crippen LogP contribution in [0.2, 0.25) is 0 Å². The second-order valence-corrected chi connectivity index (χ2v) is 5.55. The second kappa shape index (κ2) is 5.21. The maximum Gasteiger partial charge on any atom is 0.0596 e. The largest absolute Gasteiger partial charge is 0.325 e. The summed E-state index contributed by atoms with van der Waals surface area (Å²) in [6.45, 7) is 5.15. The average Bonchev–Trinajstić information content (AvgIpc) is 2.49. The Bertz CT molecular complexity index is 360. The van der Waals surface area contributed by atoms with Gasteiger partial charge in [-0.2, -0.15) is 5.10 Å². The molecule has 0 saturated heterocycles. The van der Waals surface area contributed by atoms with Gasteiger partial charge in [-0.05, 0) is 32.8 Å². The molecule has 0 amide bonds. The highest BCUT2D eigenvalue weighted by Crippen LogP contribution is 2.28. The van der Waals surface area contributed by atoms with E-state index in [0.717, 1.165) is 18.7 Å². The van der Waals surface area contributed by atoms with Gasteiger partial charge in [0.05, 0.1) is 5.69 Å². The number of hydrogen-bond acceptors (Lipinski definition) is 2. The Labute approximate surface area is 104 Å². The number of aromatic nitrogens is 2. The van der Waals surface area contributed by atoms with E-state index in [9.17, 15) is 0 Å². The molecule has 1 saturated carbocycles. The summed E-state index contributed by atoms with van der Waals surface area (Å²) in [4.78, 5) is 0. The Morgan fingerprint density at radius 2 is 1.94 bits per heavy atom. The molecule has 2 N–H and O–H groups in total. The minimum absolute atomic E-state index is 0.00981. The fourth-order valence-corrected chi connectivity index (χ4v) is 2.99. The van der Waals surface area contributed by atoms with E-state index in [1.807, 2.05) is 0 Å². The third-order valence-electron chi connectivity index (χ3n) is 3.92. The van der Waals surface area contributed by atoms with Crippen molar-refractivity contribution in [2.45, 2.75) is 70.9 Å². The van der Waals surface area contributed by atoms with Crippen LogP contribution in [0, 0.1) is 6.92 Å². The van der Waals surface area contributed by atoms with Crippen LogP contribution in [0.4, 0.5) is 0 Å². The fraction of sp³-hybridized carbons (Fsp3) is 0.786. The van der Waals surface area contributed by atoms with Crippen LogP contribution < -0.4 is 5.73 Å². The number of aryl methyl sites for hydroxylation is 2. The predicted molar refractivity (Wildman–Crippen MR) is 71.0 cm³/mol. The van der Waals surface area contributed by atoms with E-state index in [-0.39, 0.29) is 5.54 Å². The first-order chi connectivity index (χ1) is 8.13. The van der Waals surface area contributed by atoms with Gasteiger partial charge in [-0.15, -0.1) is 0 Å². The summed E-state index contributed by atoms with van der Waals surface area (Å²) in [5.74, 6) is 0. The lowest BCUT2D eigenvalue weighted by Gasteiger charge is -2.28. The van der Waals surface area contributed by atoms with Gasteiger partial charge in [-0.3, -0.25) is 4.68 Å². The first kappa shape index (κ1) is 12.6. The van der Waals surface area contributed by atoms with Crippen molar-refractivity contribution in [2.24, 2.45) is 5.73 Å². The molecule has 0 atom stereocenters. The molecular formula is C14H25N3. The van der Waals surface area contributed by atoms with Gasteiger partial charge in [0.15, 0.2) is 0 Å². The Hall–Kier alpha value is -0.830. The van der Waals surface area contributed by atoms with Crippen LogP contribution in [0.5, 0.6) is 0 Å². The zero-order valence-electron chi connectivity index (χ0n) is 11.2. The van der Waals surface area contributed by atoms with Crippen LogP contribution in [0.15, 0.2) is 6.07 Å². The van der Waals surface area contributed by atoms with Gasteiger partial charge in [0, 0.05) is 24.2 Å². The van der Waals surface area contributed by atoms with E-state index >= 15 is 0 Å². The normalized spacial score (nSPS) is 20.2. The SMILES string of the molecule is CCn1nc(C)cc1CC1(N)CCCCCC1. The zero-order valence-corrected chi connectivity index (χ0v) is 11.2. The molecule has 96 valence electrons. The topological polar surface area (TPSA) is 43.8 Å². The van der Waals surface area contributed by atoms with Crippen molar-refractivity contribution in [3.05, 3.63) is 17.5 Å². The highest BCUT2D eigenvalue weighted by Gasteiger charge is 2.27. The first-order valence-corrected chi connectivity index (χ1v) is 6.95. The maximum absolute atomic E-state index is 6.58. The molecule has 1 heterocycles. The van der Waals surface area contributed by atoms with Crippen molar-refractivity contribution in [2.75, 3.05) is 0 Å². The summed E-state index contributed by atoms with van der Waals surface area (Å²) in [5, 5.41) is 4.51. The van der Waals surface area contributed by atoms with Crippen molar-refractivity contribution in [3.63, 3.8) is 0 Å². The van der Waals surface area contributed by atoms with Gasteiger partial charge in [-0.1, -0.05) is 25.7 Å². The van der Waals surface area contributed by atoms with E-state index < -0.39 is 0 Å². The fourth-order valence-electron chi connectivity index (χ4n) is 2.99. The van der Waals surface area contributed by atoms with Crippen LogP contribution in [0.25, 0.3) is 0 Å². The molecule has 1 aliphatic carbocycles. The van der Waals surface area contributed by atoms with Gasteiger partial charge < -0.3 is 5.73 Å². The standard InChI is InChI=1S/C14H25N3/c1-3-17-13(10-12(2)16-17)11-14(15)8-6-4-5-7-9-14/h10H,3-9,11,15H2,1-2H3. The first-order valence-electron chi connectivity index (χ1n) is 6.95. The van der Waals surface area contributed by atoms with E-state index in [1.165, 1.54) is 44.2 Å².